The van der Waals surface area contributed by atoms with Crippen LogP contribution in [0.25, 0.3) is 0 Å². The largest absolute Gasteiger partial charge is 0.481 e. The van der Waals surface area contributed by atoms with Gasteiger partial charge in [0.15, 0.2) is 0 Å². The Labute approximate surface area is 159 Å². The van der Waals surface area contributed by atoms with E-state index in [2.05, 4.69) is 9.46 Å². The van der Waals surface area contributed by atoms with E-state index in [1.165, 1.54) is 11.8 Å². The first-order valence-electron chi connectivity index (χ1n) is 8.92. The molecule has 0 atom stereocenters. The summed E-state index contributed by atoms with van der Waals surface area (Å²) in [4.78, 5) is 26.1. The molecule has 1 aromatic heterocycles. The van der Waals surface area contributed by atoms with Crippen molar-refractivity contribution < 1.29 is 23.3 Å². The molecule has 2 amide bonds. The molecule has 9 nitrogen and oxygen atoms in total. The maximum atomic E-state index is 13.2. The molecule has 2 fully saturated rings. The topological polar surface area (TPSA) is 103 Å². The summed E-state index contributed by atoms with van der Waals surface area (Å²) in [5, 5.41) is 4.17. The molecule has 0 radical (unpaired) electrons. The first-order chi connectivity index (χ1) is 12.7. The van der Waals surface area contributed by atoms with Crippen LogP contribution in [0.1, 0.15) is 35.8 Å². The first-order valence-corrected chi connectivity index (χ1v) is 10.8. The Kier molecular flexibility index (Phi) is 5.31. The quantitative estimate of drug-likeness (QED) is 0.729. The van der Waals surface area contributed by atoms with Gasteiger partial charge in [0, 0.05) is 38.6 Å². The summed E-state index contributed by atoms with van der Waals surface area (Å²) in [6.07, 6.45) is 1.02. The second kappa shape index (κ2) is 7.23. The van der Waals surface area contributed by atoms with E-state index in [4.69, 9.17) is 9.47 Å². The van der Waals surface area contributed by atoms with Gasteiger partial charge < -0.3 is 14.4 Å². The van der Waals surface area contributed by atoms with Gasteiger partial charge in [-0.05, 0) is 19.8 Å². The maximum Gasteiger partial charge on any atom is 0.292 e. The van der Waals surface area contributed by atoms with Gasteiger partial charge in [-0.2, -0.15) is 9.46 Å². The second-order valence-corrected chi connectivity index (χ2v) is 9.69. The fourth-order valence-electron chi connectivity index (χ4n) is 3.74. The Balaban J connectivity index is 1.79. The van der Waals surface area contributed by atoms with E-state index in [-0.39, 0.29) is 23.0 Å². The number of hydrogen-bond acceptors (Lipinski definition) is 6. The van der Waals surface area contributed by atoms with Gasteiger partial charge in [-0.1, -0.05) is 0 Å². The van der Waals surface area contributed by atoms with E-state index in [9.17, 15) is 13.8 Å². The number of ether oxygens (including phenoxy) is 2. The van der Waals surface area contributed by atoms with Crippen LogP contribution in [-0.2, 0) is 26.3 Å². The molecule has 27 heavy (non-hydrogen) atoms. The van der Waals surface area contributed by atoms with Crippen molar-refractivity contribution in [1.82, 2.24) is 14.7 Å². The highest BCUT2D eigenvalue weighted by Gasteiger charge is 2.42. The number of hydrogen-bond donors (Lipinski definition) is 0. The van der Waals surface area contributed by atoms with Crippen LogP contribution in [0.2, 0.25) is 0 Å². The van der Waals surface area contributed by atoms with E-state index in [0.717, 1.165) is 0 Å². The maximum absolute atomic E-state index is 13.2. The molecule has 10 heteroatoms. The standard InChI is InChI=1S/C17H26N4O5S/c1-12-14(16(25-4)20(3)18-12)15(23)19-27(24)9-5-17(6-10-27)11-21(13(2)22)7-8-26-17/h5-11H2,1-4H3. The summed E-state index contributed by atoms with van der Waals surface area (Å²) in [6, 6.07) is 0. The minimum absolute atomic E-state index is 0.0167. The number of methoxy groups -OCH3 is 1. The van der Waals surface area contributed by atoms with Crippen molar-refractivity contribution in [2.24, 2.45) is 11.4 Å². The summed E-state index contributed by atoms with van der Waals surface area (Å²) < 4.78 is 29.9. The molecule has 2 aliphatic rings. The normalized spacial score (nSPS) is 28.2. The molecular formula is C17H26N4O5S. The Morgan fingerprint density at radius 1 is 1.33 bits per heavy atom. The van der Waals surface area contributed by atoms with Crippen LogP contribution in [-0.4, -0.2) is 74.6 Å². The Morgan fingerprint density at radius 3 is 2.59 bits per heavy atom. The summed E-state index contributed by atoms with van der Waals surface area (Å²) in [5.41, 5.74) is 0.261. The smallest absolute Gasteiger partial charge is 0.292 e. The lowest BCUT2D eigenvalue weighted by atomic mass is 9.94. The van der Waals surface area contributed by atoms with Gasteiger partial charge in [-0.25, -0.2) is 8.89 Å². The van der Waals surface area contributed by atoms with E-state index >= 15 is 0 Å². The number of rotatable bonds is 2. The molecule has 1 aromatic rings. The lowest BCUT2D eigenvalue weighted by Gasteiger charge is -2.45. The zero-order chi connectivity index (χ0) is 19.8. The second-order valence-electron chi connectivity index (χ2n) is 7.14. The van der Waals surface area contributed by atoms with Gasteiger partial charge >= 0.3 is 0 Å². The van der Waals surface area contributed by atoms with Crippen LogP contribution in [0.3, 0.4) is 0 Å². The fraction of sp³-hybridized carbons (Fsp3) is 0.706. The molecule has 1 spiro atoms. The van der Waals surface area contributed by atoms with Crippen molar-refractivity contribution in [1.29, 1.82) is 0 Å². The van der Waals surface area contributed by atoms with Crippen molar-refractivity contribution >= 4 is 21.5 Å². The highest BCUT2D eigenvalue weighted by molar-refractivity contribution is 7.93. The van der Waals surface area contributed by atoms with Crippen LogP contribution in [0, 0.1) is 6.92 Å². The molecule has 2 aliphatic heterocycles. The van der Waals surface area contributed by atoms with Crippen LogP contribution in [0.5, 0.6) is 5.88 Å². The molecular weight excluding hydrogens is 372 g/mol. The Hall–Kier alpha value is -1.94. The Bertz CT molecular complexity index is 870. The third-order valence-electron chi connectivity index (χ3n) is 5.27. The summed E-state index contributed by atoms with van der Waals surface area (Å²) in [6.45, 7) is 4.79. The summed E-state index contributed by atoms with van der Waals surface area (Å²) in [5.74, 6) is 0.304. The highest BCUT2D eigenvalue weighted by Crippen LogP contribution is 2.32. The number of carbonyl (C=O) groups excluding carboxylic acids is 2. The van der Waals surface area contributed by atoms with Crippen molar-refractivity contribution in [3.63, 3.8) is 0 Å². The number of aromatic nitrogens is 2. The van der Waals surface area contributed by atoms with Crippen LogP contribution >= 0.6 is 0 Å². The number of aryl methyl sites for hydroxylation is 2. The first kappa shape index (κ1) is 19.8. The molecule has 3 rings (SSSR count). The molecule has 0 unspecified atom stereocenters. The van der Waals surface area contributed by atoms with Gasteiger partial charge in [-0.3, -0.25) is 9.59 Å². The number of morpholine rings is 1. The predicted molar refractivity (Wildman–Crippen MR) is 99.3 cm³/mol. The average molecular weight is 398 g/mol. The van der Waals surface area contributed by atoms with Gasteiger partial charge in [-0.15, -0.1) is 0 Å². The molecule has 2 saturated heterocycles. The molecule has 3 heterocycles. The van der Waals surface area contributed by atoms with E-state index in [0.29, 0.717) is 44.1 Å². The third kappa shape index (κ3) is 3.86. The molecule has 0 aliphatic carbocycles. The van der Waals surface area contributed by atoms with E-state index < -0.39 is 21.2 Å². The van der Waals surface area contributed by atoms with Crippen molar-refractivity contribution in [2.45, 2.75) is 32.3 Å². The SMILES string of the molecule is COc1c(C(=O)N=S2(=O)CCC3(CC2)CN(C(C)=O)CCO3)c(C)nn1C. The fourth-order valence-corrected chi connectivity index (χ4v) is 5.90. The molecule has 150 valence electrons. The van der Waals surface area contributed by atoms with Gasteiger partial charge in [0.2, 0.25) is 11.8 Å². The lowest BCUT2D eigenvalue weighted by molar-refractivity contribution is -0.150. The van der Waals surface area contributed by atoms with Crippen LogP contribution in [0.4, 0.5) is 0 Å². The molecule has 0 bridgehead atoms. The van der Waals surface area contributed by atoms with E-state index in [1.54, 1.807) is 25.8 Å². The Morgan fingerprint density at radius 2 is 2.00 bits per heavy atom. The average Bonchev–Trinajstić information content (AvgIpc) is 2.91. The monoisotopic (exact) mass is 398 g/mol. The molecule has 0 saturated carbocycles. The zero-order valence-corrected chi connectivity index (χ0v) is 17.0. The van der Waals surface area contributed by atoms with Gasteiger partial charge in [0.05, 0.1) is 34.7 Å². The van der Waals surface area contributed by atoms with E-state index in [1.807, 2.05) is 0 Å². The predicted octanol–water partition coefficient (Wildman–Crippen LogP) is 0.757. The molecule has 0 N–H and O–H groups in total. The van der Waals surface area contributed by atoms with Crippen LogP contribution < -0.4 is 4.74 Å². The molecule has 0 aromatic carbocycles. The minimum atomic E-state index is -2.68. The minimum Gasteiger partial charge on any atom is -0.481 e. The van der Waals surface area contributed by atoms with Crippen molar-refractivity contribution in [3.05, 3.63) is 11.3 Å². The number of nitrogens with zero attached hydrogens (tertiary/aromatic N) is 4. The van der Waals surface area contributed by atoms with Crippen LogP contribution in [0.15, 0.2) is 4.36 Å². The lowest BCUT2D eigenvalue weighted by Crippen LogP contribution is -2.56. The van der Waals surface area contributed by atoms with Crippen molar-refractivity contribution in [3.8, 4) is 5.88 Å². The van der Waals surface area contributed by atoms with Gasteiger partial charge in [0.1, 0.15) is 5.56 Å². The third-order valence-corrected chi connectivity index (χ3v) is 7.46. The van der Waals surface area contributed by atoms with Gasteiger partial charge in [0.25, 0.3) is 5.91 Å². The summed E-state index contributed by atoms with van der Waals surface area (Å²) in [7, 11) is 0.448. The number of amides is 2. The van der Waals surface area contributed by atoms with Crippen molar-refractivity contribution in [2.75, 3.05) is 38.3 Å². The summed E-state index contributed by atoms with van der Waals surface area (Å²) >= 11 is 0. The number of carbonyl (C=O) groups is 2. The zero-order valence-electron chi connectivity index (χ0n) is 16.2. The highest BCUT2D eigenvalue weighted by atomic mass is 32.2.